The third kappa shape index (κ3) is 3.80. The number of hydrogen-bond donors (Lipinski definition) is 0. The van der Waals surface area contributed by atoms with E-state index in [4.69, 9.17) is 9.72 Å². The van der Waals surface area contributed by atoms with Gasteiger partial charge < -0.3 is 4.74 Å². The number of fused-ring (bicyclic) bond motifs is 2. The van der Waals surface area contributed by atoms with Crippen LogP contribution in [0.1, 0.15) is 44.6 Å². The van der Waals surface area contributed by atoms with Crippen LogP contribution in [0, 0.1) is 12.8 Å². The Morgan fingerprint density at radius 1 is 1.14 bits per heavy atom. The standard InChI is InChI=1S/C25H26N2O2/c1-15-12-22-21(14-19(15)24(28)29-25(3,4)5)20(13-16(2)27-22)18-10-6-8-17-9-7-11-26-23(17)18/h6-11,13-15H,12H2,1-5H3. The van der Waals surface area contributed by atoms with E-state index in [-0.39, 0.29) is 11.9 Å². The van der Waals surface area contributed by atoms with Gasteiger partial charge in [-0.05, 0) is 63.8 Å². The summed E-state index contributed by atoms with van der Waals surface area (Å²) in [7, 11) is 0. The molecule has 0 aliphatic heterocycles. The minimum absolute atomic E-state index is 0.0603. The van der Waals surface area contributed by atoms with E-state index in [0.29, 0.717) is 12.0 Å². The third-order valence-electron chi connectivity index (χ3n) is 5.15. The van der Waals surface area contributed by atoms with E-state index >= 15 is 0 Å². The van der Waals surface area contributed by atoms with Crippen LogP contribution in [-0.2, 0) is 16.0 Å². The monoisotopic (exact) mass is 386 g/mol. The second kappa shape index (κ2) is 7.11. The molecule has 4 rings (SSSR count). The van der Waals surface area contributed by atoms with Crippen molar-refractivity contribution in [2.45, 2.75) is 46.6 Å². The van der Waals surface area contributed by atoms with Gasteiger partial charge in [0.2, 0.25) is 0 Å². The summed E-state index contributed by atoms with van der Waals surface area (Å²) >= 11 is 0. The molecule has 4 heteroatoms. The van der Waals surface area contributed by atoms with Crippen LogP contribution in [0.25, 0.3) is 28.1 Å². The highest BCUT2D eigenvalue weighted by Gasteiger charge is 2.29. The fourth-order valence-corrected chi connectivity index (χ4v) is 3.90. The zero-order valence-electron chi connectivity index (χ0n) is 17.6. The maximum Gasteiger partial charge on any atom is 0.334 e. The van der Waals surface area contributed by atoms with Crippen LogP contribution in [0.3, 0.4) is 0 Å². The summed E-state index contributed by atoms with van der Waals surface area (Å²) < 4.78 is 5.66. The molecule has 0 amide bonds. The largest absolute Gasteiger partial charge is 0.457 e. The van der Waals surface area contributed by atoms with Gasteiger partial charge in [-0.1, -0.05) is 31.2 Å². The summed E-state index contributed by atoms with van der Waals surface area (Å²) in [6.45, 7) is 9.75. The Kier molecular flexibility index (Phi) is 4.73. The molecular formula is C25H26N2O2. The zero-order valence-corrected chi connectivity index (χ0v) is 17.6. The van der Waals surface area contributed by atoms with Gasteiger partial charge in [-0.25, -0.2) is 4.79 Å². The van der Waals surface area contributed by atoms with E-state index in [2.05, 4.69) is 36.2 Å². The second-order valence-corrected chi connectivity index (χ2v) is 8.76. The fraction of sp³-hybridized carbons (Fsp3) is 0.320. The maximum absolute atomic E-state index is 12.8. The van der Waals surface area contributed by atoms with Gasteiger partial charge in [0.1, 0.15) is 5.60 Å². The summed E-state index contributed by atoms with van der Waals surface area (Å²) in [5.74, 6) is -0.191. The molecule has 2 heterocycles. The van der Waals surface area contributed by atoms with Gasteiger partial charge in [0, 0.05) is 39.7 Å². The minimum Gasteiger partial charge on any atom is -0.457 e. The molecule has 1 aromatic carbocycles. The third-order valence-corrected chi connectivity index (χ3v) is 5.15. The number of carbonyl (C=O) groups is 1. The highest BCUT2D eigenvalue weighted by molar-refractivity contribution is 6.00. The number of ether oxygens (including phenoxy) is 1. The predicted molar refractivity (Wildman–Crippen MR) is 116 cm³/mol. The number of rotatable bonds is 2. The van der Waals surface area contributed by atoms with Crippen LogP contribution in [-0.4, -0.2) is 21.5 Å². The topological polar surface area (TPSA) is 52.1 Å². The van der Waals surface area contributed by atoms with Crippen molar-refractivity contribution in [1.29, 1.82) is 0 Å². The van der Waals surface area contributed by atoms with Crippen LogP contribution in [0.2, 0.25) is 0 Å². The van der Waals surface area contributed by atoms with Gasteiger partial charge in [-0.2, -0.15) is 0 Å². The first kappa shape index (κ1) is 19.3. The van der Waals surface area contributed by atoms with Crippen LogP contribution < -0.4 is 0 Å². The molecule has 3 aromatic rings. The number of pyridine rings is 2. The molecule has 1 aliphatic rings. The molecule has 0 radical (unpaired) electrons. The van der Waals surface area contributed by atoms with E-state index in [1.807, 2.05) is 52.1 Å². The molecule has 1 aliphatic carbocycles. The molecule has 1 unspecified atom stereocenters. The molecule has 2 aromatic heterocycles. The molecule has 0 saturated heterocycles. The summed E-state index contributed by atoms with van der Waals surface area (Å²) in [4.78, 5) is 22.2. The first-order valence-electron chi connectivity index (χ1n) is 10.0. The van der Waals surface area contributed by atoms with Crippen molar-refractivity contribution in [2.24, 2.45) is 5.92 Å². The van der Waals surface area contributed by atoms with Gasteiger partial charge in [-0.3, -0.25) is 9.97 Å². The lowest BCUT2D eigenvalue weighted by molar-refractivity contribution is -0.150. The van der Waals surface area contributed by atoms with Crippen molar-refractivity contribution < 1.29 is 9.53 Å². The average molecular weight is 386 g/mol. The number of benzene rings is 1. The molecule has 4 nitrogen and oxygen atoms in total. The first-order chi connectivity index (χ1) is 13.7. The summed E-state index contributed by atoms with van der Waals surface area (Å²) in [5, 5.41) is 1.09. The van der Waals surface area contributed by atoms with Gasteiger partial charge in [0.05, 0.1) is 5.52 Å². The lowest BCUT2D eigenvalue weighted by atomic mass is 9.83. The number of hydrogen-bond acceptors (Lipinski definition) is 4. The van der Waals surface area contributed by atoms with Crippen molar-refractivity contribution in [3.8, 4) is 11.1 Å². The van der Waals surface area contributed by atoms with E-state index in [1.54, 1.807) is 0 Å². The van der Waals surface area contributed by atoms with Crippen LogP contribution in [0.15, 0.2) is 48.2 Å². The van der Waals surface area contributed by atoms with Crippen LogP contribution >= 0.6 is 0 Å². The molecular weight excluding hydrogens is 360 g/mol. The molecule has 1 atom stereocenters. The molecule has 148 valence electrons. The second-order valence-electron chi connectivity index (χ2n) is 8.76. The van der Waals surface area contributed by atoms with Gasteiger partial charge >= 0.3 is 5.97 Å². The van der Waals surface area contributed by atoms with E-state index < -0.39 is 5.60 Å². The lowest BCUT2D eigenvalue weighted by Gasteiger charge is -2.27. The lowest BCUT2D eigenvalue weighted by Crippen LogP contribution is -2.28. The number of para-hydroxylation sites is 1. The highest BCUT2D eigenvalue weighted by Crippen LogP contribution is 2.37. The maximum atomic E-state index is 12.8. The summed E-state index contributed by atoms with van der Waals surface area (Å²) in [6, 6.07) is 12.3. The van der Waals surface area contributed by atoms with Crippen molar-refractivity contribution in [2.75, 3.05) is 0 Å². The molecule has 0 fully saturated rings. The van der Waals surface area contributed by atoms with Crippen molar-refractivity contribution in [3.63, 3.8) is 0 Å². The molecule has 29 heavy (non-hydrogen) atoms. The van der Waals surface area contributed by atoms with Gasteiger partial charge in [0.25, 0.3) is 0 Å². The number of aromatic nitrogens is 2. The van der Waals surface area contributed by atoms with E-state index in [0.717, 1.165) is 39.0 Å². The van der Waals surface area contributed by atoms with Crippen LogP contribution in [0.5, 0.6) is 0 Å². The molecule has 0 spiro atoms. The Balaban J connectivity index is 1.91. The summed E-state index contributed by atoms with van der Waals surface area (Å²) in [5.41, 5.74) is 6.23. The predicted octanol–water partition coefficient (Wildman–Crippen LogP) is 5.52. The van der Waals surface area contributed by atoms with Gasteiger partial charge in [-0.15, -0.1) is 0 Å². The quantitative estimate of drug-likeness (QED) is 0.544. The number of nitrogens with zero attached hydrogens (tertiary/aromatic N) is 2. The Hall–Kier alpha value is -3.01. The fourth-order valence-electron chi connectivity index (χ4n) is 3.90. The highest BCUT2D eigenvalue weighted by atomic mass is 16.6. The molecule has 0 saturated carbocycles. The van der Waals surface area contributed by atoms with Crippen molar-refractivity contribution in [3.05, 3.63) is 65.1 Å². The Morgan fingerprint density at radius 2 is 1.90 bits per heavy atom. The van der Waals surface area contributed by atoms with Crippen molar-refractivity contribution >= 4 is 22.9 Å². The normalized spacial score (nSPS) is 16.3. The zero-order chi connectivity index (χ0) is 20.8. The number of aryl methyl sites for hydroxylation is 1. The minimum atomic E-state index is -0.522. The Labute approximate surface area is 171 Å². The first-order valence-corrected chi connectivity index (χ1v) is 10.0. The Bertz CT molecular complexity index is 1130. The SMILES string of the molecule is Cc1cc(-c2cccc3cccnc23)c2c(n1)CC(C)C(C(=O)OC(C)(C)C)=C2. The van der Waals surface area contributed by atoms with Gasteiger partial charge in [0.15, 0.2) is 0 Å². The van der Waals surface area contributed by atoms with Crippen LogP contribution in [0.4, 0.5) is 0 Å². The average Bonchev–Trinajstić information content (AvgIpc) is 2.65. The molecule has 0 N–H and O–H groups in total. The van der Waals surface area contributed by atoms with Crippen molar-refractivity contribution in [1.82, 2.24) is 9.97 Å². The van der Waals surface area contributed by atoms with E-state index in [9.17, 15) is 4.79 Å². The number of esters is 1. The summed E-state index contributed by atoms with van der Waals surface area (Å²) in [6.07, 6.45) is 4.50. The molecule has 0 bridgehead atoms. The number of carbonyl (C=O) groups excluding carboxylic acids is 1. The van der Waals surface area contributed by atoms with E-state index in [1.165, 1.54) is 0 Å². The Morgan fingerprint density at radius 3 is 2.66 bits per heavy atom. The smallest absolute Gasteiger partial charge is 0.334 e.